The van der Waals surface area contributed by atoms with Crippen molar-refractivity contribution in [3.8, 4) is 0 Å². The third-order valence-corrected chi connectivity index (χ3v) is 4.31. The molecule has 0 N–H and O–H groups in total. The van der Waals surface area contributed by atoms with Gasteiger partial charge in [0.2, 0.25) is 0 Å². The van der Waals surface area contributed by atoms with Crippen molar-refractivity contribution in [3.63, 3.8) is 0 Å². The molecule has 2 nitrogen and oxygen atoms in total. The van der Waals surface area contributed by atoms with E-state index in [1.54, 1.807) is 11.3 Å². The number of rotatable bonds is 1. The molecule has 4 heteroatoms. The van der Waals surface area contributed by atoms with Crippen LogP contribution in [-0.2, 0) is 4.74 Å². The van der Waals surface area contributed by atoms with E-state index in [0.29, 0.717) is 0 Å². The molecule has 0 radical (unpaired) electrons. The summed E-state index contributed by atoms with van der Waals surface area (Å²) >= 11 is 3.81. The Bertz CT molecular complexity index is 317. The Kier molecular flexibility index (Phi) is 3.11. The van der Waals surface area contributed by atoms with Gasteiger partial charge >= 0.3 is 5.97 Å². The van der Waals surface area contributed by atoms with Crippen LogP contribution in [0.25, 0.3) is 0 Å². The third kappa shape index (κ3) is 1.64. The highest BCUT2D eigenvalue weighted by Gasteiger charge is 2.17. The summed E-state index contributed by atoms with van der Waals surface area (Å²) in [7, 11) is 1.41. The van der Waals surface area contributed by atoms with Gasteiger partial charge in [0.25, 0.3) is 0 Å². The Morgan fingerprint density at radius 3 is 2.33 bits per heavy atom. The van der Waals surface area contributed by atoms with Crippen molar-refractivity contribution >= 4 is 39.9 Å². The lowest BCUT2D eigenvalue weighted by atomic mass is 10.2. The average molecular weight is 296 g/mol. The molecule has 66 valence electrons. The summed E-state index contributed by atoms with van der Waals surface area (Å²) in [4.78, 5) is 13.5. The normalized spacial score (nSPS) is 10.0. The van der Waals surface area contributed by atoms with E-state index in [4.69, 9.17) is 0 Å². The molecule has 0 fully saturated rings. The highest BCUT2D eigenvalue weighted by molar-refractivity contribution is 14.1. The maximum atomic E-state index is 11.2. The first-order valence-corrected chi connectivity index (χ1v) is 5.31. The minimum atomic E-state index is -0.235. The lowest BCUT2D eigenvalue weighted by Crippen LogP contribution is -2.03. The standard InChI is InChI=1S/C8H9IO2S/c1-4-6(8(10)11-3)7(9)5(2)12-4/h1-3H3. The molecule has 0 saturated heterocycles. The smallest absolute Gasteiger partial charge is 0.340 e. The van der Waals surface area contributed by atoms with E-state index < -0.39 is 0 Å². The SMILES string of the molecule is COC(=O)c1c(C)sc(C)c1I. The van der Waals surface area contributed by atoms with Gasteiger partial charge in [0.05, 0.1) is 12.7 Å². The molecule has 0 saturated carbocycles. The summed E-state index contributed by atoms with van der Waals surface area (Å²) in [6.07, 6.45) is 0. The summed E-state index contributed by atoms with van der Waals surface area (Å²) < 4.78 is 5.69. The van der Waals surface area contributed by atoms with Gasteiger partial charge in [0.1, 0.15) is 0 Å². The zero-order chi connectivity index (χ0) is 9.30. The quantitative estimate of drug-likeness (QED) is 0.588. The molecule has 0 aliphatic rings. The summed E-state index contributed by atoms with van der Waals surface area (Å²) in [5.41, 5.74) is 0.723. The number of hydrogen-bond acceptors (Lipinski definition) is 3. The largest absolute Gasteiger partial charge is 0.465 e. The second kappa shape index (κ2) is 3.74. The molecule has 0 amide bonds. The number of carbonyl (C=O) groups is 1. The topological polar surface area (TPSA) is 26.3 Å². The van der Waals surface area contributed by atoms with Gasteiger partial charge in [-0.3, -0.25) is 0 Å². The molecular formula is C8H9IO2S. The Balaban J connectivity index is 3.22. The van der Waals surface area contributed by atoms with Gasteiger partial charge in [-0.2, -0.15) is 0 Å². The maximum Gasteiger partial charge on any atom is 0.340 e. The fraction of sp³-hybridized carbons (Fsp3) is 0.375. The van der Waals surface area contributed by atoms with E-state index in [9.17, 15) is 4.79 Å². The lowest BCUT2D eigenvalue weighted by Gasteiger charge is -1.97. The van der Waals surface area contributed by atoms with Gasteiger partial charge in [-0.05, 0) is 36.4 Å². The van der Waals surface area contributed by atoms with Crippen molar-refractivity contribution in [2.45, 2.75) is 13.8 Å². The van der Waals surface area contributed by atoms with Crippen molar-refractivity contribution in [2.24, 2.45) is 0 Å². The summed E-state index contributed by atoms with van der Waals surface area (Å²) in [5, 5.41) is 0. The molecule has 1 rings (SSSR count). The second-order valence-corrected chi connectivity index (χ2v) is 4.90. The fourth-order valence-electron chi connectivity index (χ4n) is 0.991. The third-order valence-electron chi connectivity index (χ3n) is 1.58. The predicted molar refractivity (Wildman–Crippen MR) is 57.8 cm³/mol. The van der Waals surface area contributed by atoms with Crippen LogP contribution in [0, 0.1) is 17.4 Å². The average Bonchev–Trinajstić information content (AvgIpc) is 2.26. The van der Waals surface area contributed by atoms with E-state index in [-0.39, 0.29) is 5.97 Å². The Morgan fingerprint density at radius 1 is 1.42 bits per heavy atom. The van der Waals surface area contributed by atoms with Crippen LogP contribution in [0.3, 0.4) is 0 Å². The summed E-state index contributed by atoms with van der Waals surface area (Å²) in [6.45, 7) is 3.94. The van der Waals surface area contributed by atoms with E-state index in [2.05, 4.69) is 27.3 Å². The summed E-state index contributed by atoms with van der Waals surface area (Å²) in [6, 6.07) is 0. The highest BCUT2D eigenvalue weighted by Crippen LogP contribution is 2.28. The van der Waals surface area contributed by atoms with Crippen LogP contribution >= 0.6 is 33.9 Å². The number of aryl methyl sites for hydroxylation is 2. The molecule has 12 heavy (non-hydrogen) atoms. The van der Waals surface area contributed by atoms with Crippen LogP contribution in [0.15, 0.2) is 0 Å². The first-order valence-electron chi connectivity index (χ1n) is 3.41. The van der Waals surface area contributed by atoms with Gasteiger partial charge in [0, 0.05) is 13.3 Å². The molecule has 1 aromatic rings. The Morgan fingerprint density at radius 2 is 2.00 bits per heavy atom. The van der Waals surface area contributed by atoms with E-state index in [0.717, 1.165) is 14.0 Å². The van der Waals surface area contributed by atoms with Crippen LogP contribution < -0.4 is 0 Å². The molecular weight excluding hydrogens is 287 g/mol. The van der Waals surface area contributed by atoms with Crippen LogP contribution in [0.2, 0.25) is 0 Å². The fourth-order valence-corrected chi connectivity index (χ4v) is 3.07. The number of esters is 1. The van der Waals surface area contributed by atoms with Crippen molar-refractivity contribution in [2.75, 3.05) is 7.11 Å². The molecule has 0 aromatic carbocycles. The first kappa shape index (κ1) is 9.98. The van der Waals surface area contributed by atoms with Crippen molar-refractivity contribution in [3.05, 3.63) is 18.9 Å². The van der Waals surface area contributed by atoms with Crippen LogP contribution in [0.5, 0.6) is 0 Å². The van der Waals surface area contributed by atoms with Crippen LogP contribution in [0.1, 0.15) is 20.1 Å². The Labute approximate surface area is 89.1 Å². The zero-order valence-corrected chi connectivity index (χ0v) is 10.1. The zero-order valence-electron chi connectivity index (χ0n) is 7.10. The number of carbonyl (C=O) groups excluding carboxylic acids is 1. The summed E-state index contributed by atoms with van der Waals surface area (Å²) in [5.74, 6) is -0.235. The number of ether oxygens (including phenoxy) is 1. The minimum absolute atomic E-state index is 0.235. The molecule has 1 aromatic heterocycles. The molecule has 1 heterocycles. The van der Waals surface area contributed by atoms with Crippen LogP contribution in [0.4, 0.5) is 0 Å². The lowest BCUT2D eigenvalue weighted by molar-refractivity contribution is 0.0599. The van der Waals surface area contributed by atoms with Gasteiger partial charge in [-0.15, -0.1) is 11.3 Å². The molecule has 0 aliphatic heterocycles. The van der Waals surface area contributed by atoms with Gasteiger partial charge in [-0.25, -0.2) is 4.79 Å². The van der Waals surface area contributed by atoms with Gasteiger partial charge < -0.3 is 4.74 Å². The van der Waals surface area contributed by atoms with Crippen LogP contribution in [-0.4, -0.2) is 13.1 Å². The minimum Gasteiger partial charge on any atom is -0.465 e. The maximum absolute atomic E-state index is 11.2. The van der Waals surface area contributed by atoms with E-state index in [1.165, 1.54) is 12.0 Å². The molecule has 0 atom stereocenters. The van der Waals surface area contributed by atoms with Gasteiger partial charge in [0.15, 0.2) is 0 Å². The molecule has 0 aliphatic carbocycles. The second-order valence-electron chi connectivity index (χ2n) is 2.39. The predicted octanol–water partition coefficient (Wildman–Crippen LogP) is 2.76. The van der Waals surface area contributed by atoms with E-state index >= 15 is 0 Å². The van der Waals surface area contributed by atoms with Crippen molar-refractivity contribution in [1.29, 1.82) is 0 Å². The number of methoxy groups -OCH3 is 1. The van der Waals surface area contributed by atoms with E-state index in [1.807, 2.05) is 13.8 Å². The first-order chi connectivity index (χ1) is 5.57. The number of halogens is 1. The van der Waals surface area contributed by atoms with Crippen molar-refractivity contribution < 1.29 is 9.53 Å². The van der Waals surface area contributed by atoms with Gasteiger partial charge in [-0.1, -0.05) is 0 Å². The monoisotopic (exact) mass is 296 g/mol. The Hall–Kier alpha value is -0.100. The highest BCUT2D eigenvalue weighted by atomic mass is 127. The molecule has 0 bridgehead atoms. The number of hydrogen-bond donors (Lipinski definition) is 0. The molecule has 0 spiro atoms. The van der Waals surface area contributed by atoms with Crippen molar-refractivity contribution in [1.82, 2.24) is 0 Å². The molecule has 0 unspecified atom stereocenters. The number of thiophene rings is 1.